The SMILES string of the molecule is O=C1NC(=O)C2(CCCC(CCCB(O)O)C2)N1. The molecule has 0 aromatic rings. The smallest absolute Gasteiger partial charge is 0.427 e. The molecular weight excluding hydrogens is 235 g/mol. The van der Waals surface area contributed by atoms with Gasteiger partial charge < -0.3 is 15.4 Å². The van der Waals surface area contributed by atoms with Crippen LogP contribution < -0.4 is 10.6 Å². The van der Waals surface area contributed by atoms with E-state index in [1.165, 1.54) is 0 Å². The predicted octanol–water partition coefficient (Wildman–Crippen LogP) is 0.00780. The molecule has 1 saturated carbocycles. The summed E-state index contributed by atoms with van der Waals surface area (Å²) in [7, 11) is -1.25. The molecule has 6 nitrogen and oxygen atoms in total. The van der Waals surface area contributed by atoms with Crippen molar-refractivity contribution in [1.82, 2.24) is 10.6 Å². The molecule has 2 unspecified atom stereocenters. The lowest BCUT2D eigenvalue weighted by molar-refractivity contribution is -0.125. The van der Waals surface area contributed by atoms with Crippen molar-refractivity contribution in [1.29, 1.82) is 0 Å². The molecule has 0 radical (unpaired) electrons. The second-order valence-corrected chi connectivity index (χ2v) is 5.36. The van der Waals surface area contributed by atoms with Crippen LogP contribution in [0, 0.1) is 5.92 Å². The van der Waals surface area contributed by atoms with Crippen LogP contribution >= 0.6 is 0 Å². The number of hydrogen-bond donors (Lipinski definition) is 4. The van der Waals surface area contributed by atoms with Crippen LogP contribution in [0.25, 0.3) is 0 Å². The maximum absolute atomic E-state index is 11.8. The normalized spacial score (nSPS) is 31.3. The van der Waals surface area contributed by atoms with Crippen molar-refractivity contribution >= 4 is 19.1 Å². The molecule has 1 saturated heterocycles. The average molecular weight is 254 g/mol. The van der Waals surface area contributed by atoms with Gasteiger partial charge in [-0.1, -0.05) is 25.7 Å². The van der Waals surface area contributed by atoms with E-state index in [9.17, 15) is 9.59 Å². The van der Waals surface area contributed by atoms with Crippen molar-refractivity contribution < 1.29 is 19.6 Å². The lowest BCUT2D eigenvalue weighted by Gasteiger charge is -2.35. The summed E-state index contributed by atoms with van der Waals surface area (Å²) in [6, 6.07) is -0.397. The molecule has 1 spiro atoms. The van der Waals surface area contributed by atoms with Crippen molar-refractivity contribution in [2.75, 3.05) is 0 Å². The number of rotatable bonds is 4. The molecular formula is C11H19BN2O4. The minimum absolute atomic E-state index is 0.209. The van der Waals surface area contributed by atoms with E-state index in [0.29, 0.717) is 25.1 Å². The van der Waals surface area contributed by atoms with Gasteiger partial charge in [0.15, 0.2) is 0 Å². The van der Waals surface area contributed by atoms with Gasteiger partial charge in [0.05, 0.1) is 0 Å². The molecule has 2 aliphatic rings. The van der Waals surface area contributed by atoms with Gasteiger partial charge in [0.2, 0.25) is 0 Å². The Kier molecular flexibility index (Phi) is 3.92. The van der Waals surface area contributed by atoms with E-state index >= 15 is 0 Å². The van der Waals surface area contributed by atoms with Gasteiger partial charge in [0, 0.05) is 0 Å². The Morgan fingerprint density at radius 1 is 1.39 bits per heavy atom. The van der Waals surface area contributed by atoms with Crippen LogP contribution in [0.5, 0.6) is 0 Å². The molecule has 7 heteroatoms. The number of urea groups is 1. The molecule has 1 heterocycles. The molecule has 18 heavy (non-hydrogen) atoms. The fourth-order valence-corrected chi connectivity index (χ4v) is 3.07. The first-order chi connectivity index (χ1) is 8.52. The van der Waals surface area contributed by atoms with Crippen molar-refractivity contribution in [2.45, 2.75) is 50.4 Å². The Labute approximate surface area is 106 Å². The van der Waals surface area contributed by atoms with Crippen molar-refractivity contribution in [2.24, 2.45) is 5.92 Å². The van der Waals surface area contributed by atoms with E-state index in [2.05, 4.69) is 10.6 Å². The van der Waals surface area contributed by atoms with Gasteiger partial charge in [-0.2, -0.15) is 0 Å². The van der Waals surface area contributed by atoms with Crippen LogP contribution in [0.2, 0.25) is 6.32 Å². The fraction of sp³-hybridized carbons (Fsp3) is 0.818. The van der Waals surface area contributed by atoms with Crippen LogP contribution in [0.4, 0.5) is 4.79 Å². The van der Waals surface area contributed by atoms with Crippen LogP contribution in [-0.4, -0.2) is 34.6 Å². The third-order valence-corrected chi connectivity index (χ3v) is 3.94. The number of carbonyl (C=O) groups is 2. The Morgan fingerprint density at radius 3 is 2.78 bits per heavy atom. The zero-order valence-corrected chi connectivity index (χ0v) is 10.3. The topological polar surface area (TPSA) is 98.7 Å². The largest absolute Gasteiger partial charge is 0.451 e. The number of imide groups is 1. The van der Waals surface area contributed by atoms with Crippen molar-refractivity contribution in [3.05, 3.63) is 0 Å². The van der Waals surface area contributed by atoms with Gasteiger partial charge in [-0.05, 0) is 25.1 Å². The quantitative estimate of drug-likeness (QED) is 0.419. The molecule has 1 aliphatic carbocycles. The molecule has 0 aromatic heterocycles. The molecule has 4 N–H and O–H groups in total. The standard InChI is InChI=1S/C11H19BN2O4/c15-9-11(14-10(16)13-9)5-1-3-8(7-11)4-2-6-12(17)18/h8,17-18H,1-7H2,(H2,13,14,15,16). The Balaban J connectivity index is 1.88. The Hall–Kier alpha value is -1.08. The summed E-state index contributed by atoms with van der Waals surface area (Å²) in [6.45, 7) is 0. The summed E-state index contributed by atoms with van der Waals surface area (Å²) in [5.41, 5.74) is -0.710. The maximum atomic E-state index is 11.8. The first-order valence-electron chi connectivity index (χ1n) is 6.51. The van der Waals surface area contributed by atoms with E-state index in [4.69, 9.17) is 10.0 Å². The Bertz CT molecular complexity index is 350. The summed E-state index contributed by atoms with van der Waals surface area (Å²) >= 11 is 0. The van der Waals surface area contributed by atoms with Crippen molar-refractivity contribution in [3.63, 3.8) is 0 Å². The maximum Gasteiger partial charge on any atom is 0.451 e. The summed E-state index contributed by atoms with van der Waals surface area (Å²) in [5.74, 6) is 0.154. The van der Waals surface area contributed by atoms with Gasteiger partial charge in [-0.3, -0.25) is 10.1 Å². The molecule has 2 atom stereocenters. The highest BCUT2D eigenvalue weighted by molar-refractivity contribution is 6.40. The van der Waals surface area contributed by atoms with E-state index < -0.39 is 18.7 Å². The second kappa shape index (κ2) is 5.28. The average Bonchev–Trinajstić information content (AvgIpc) is 2.53. The molecule has 2 rings (SSSR count). The third kappa shape index (κ3) is 2.84. The monoisotopic (exact) mass is 254 g/mol. The third-order valence-electron chi connectivity index (χ3n) is 3.94. The highest BCUT2D eigenvalue weighted by atomic mass is 16.4. The van der Waals surface area contributed by atoms with Gasteiger partial charge in [-0.25, -0.2) is 4.79 Å². The predicted molar refractivity (Wildman–Crippen MR) is 65.6 cm³/mol. The van der Waals surface area contributed by atoms with E-state index in [0.717, 1.165) is 25.7 Å². The molecule has 100 valence electrons. The van der Waals surface area contributed by atoms with Gasteiger partial charge in [0.1, 0.15) is 5.54 Å². The number of hydrogen-bond acceptors (Lipinski definition) is 4. The van der Waals surface area contributed by atoms with E-state index in [1.807, 2.05) is 0 Å². The van der Waals surface area contributed by atoms with Crippen molar-refractivity contribution in [3.8, 4) is 0 Å². The van der Waals surface area contributed by atoms with Gasteiger partial charge in [-0.15, -0.1) is 0 Å². The number of carbonyl (C=O) groups excluding carboxylic acids is 2. The lowest BCUT2D eigenvalue weighted by atomic mass is 9.72. The molecule has 0 bridgehead atoms. The Morgan fingerprint density at radius 2 is 2.17 bits per heavy atom. The van der Waals surface area contributed by atoms with Crippen LogP contribution in [-0.2, 0) is 4.79 Å². The zero-order valence-electron chi connectivity index (χ0n) is 10.3. The zero-order chi connectivity index (χ0) is 13.2. The summed E-state index contributed by atoms with van der Waals surface area (Å²) in [4.78, 5) is 23.0. The molecule has 2 fully saturated rings. The highest BCUT2D eigenvalue weighted by Gasteiger charge is 2.48. The molecule has 1 aliphatic heterocycles. The minimum Gasteiger partial charge on any atom is -0.427 e. The lowest BCUT2D eigenvalue weighted by Crippen LogP contribution is -2.50. The van der Waals surface area contributed by atoms with Gasteiger partial charge >= 0.3 is 13.1 Å². The second-order valence-electron chi connectivity index (χ2n) is 5.36. The van der Waals surface area contributed by atoms with Crippen LogP contribution in [0.1, 0.15) is 38.5 Å². The highest BCUT2D eigenvalue weighted by Crippen LogP contribution is 2.36. The van der Waals surface area contributed by atoms with Gasteiger partial charge in [0.25, 0.3) is 5.91 Å². The first-order valence-corrected chi connectivity index (χ1v) is 6.51. The first kappa shape index (κ1) is 13.4. The summed E-state index contributed by atoms with van der Waals surface area (Å²) in [6.07, 6.45) is 5.26. The summed E-state index contributed by atoms with van der Waals surface area (Å²) in [5, 5.41) is 22.6. The molecule has 0 aromatic carbocycles. The number of nitrogens with one attached hydrogen (secondary N) is 2. The summed E-state index contributed by atoms with van der Waals surface area (Å²) < 4.78 is 0. The fourth-order valence-electron chi connectivity index (χ4n) is 3.07. The van der Waals surface area contributed by atoms with E-state index in [1.54, 1.807) is 0 Å². The number of amides is 3. The van der Waals surface area contributed by atoms with Crippen LogP contribution in [0.15, 0.2) is 0 Å². The molecule has 3 amide bonds. The van der Waals surface area contributed by atoms with E-state index in [-0.39, 0.29) is 5.91 Å². The minimum atomic E-state index is -1.25. The van der Waals surface area contributed by atoms with Crippen LogP contribution in [0.3, 0.4) is 0 Å².